The topological polar surface area (TPSA) is 130 Å². The van der Waals surface area contributed by atoms with Crippen LogP contribution in [-0.2, 0) is 0 Å². The molecule has 4 aromatic heterocycles. The number of benzene rings is 4. The van der Waals surface area contributed by atoms with Crippen molar-refractivity contribution in [2.75, 3.05) is 24.9 Å². The fraction of sp³-hybridized carbons (Fsp3) is 0.150. The molecule has 0 radical (unpaired) electrons. The van der Waals surface area contributed by atoms with E-state index in [-0.39, 0.29) is 12.1 Å². The number of ether oxygens (including phenoxy) is 2. The number of nitrogens with one attached hydrogen (secondary N) is 2. The van der Waals surface area contributed by atoms with Gasteiger partial charge < -0.3 is 20.1 Å². The summed E-state index contributed by atoms with van der Waals surface area (Å²) in [5.41, 5.74) is 6.00. The standard InChI is InChI=1S/2C20H19N5O/c1-14(15-6-4-3-5-7-15)23-20-21-11-10-19(24-20)25-13-22-17-12-16(26-2)8-9-18(17)25;1-14(15-6-4-3-5-7-15)23-20-21-11-10-19(24-20)25-13-22-17-9-8-16(26-2)12-18(17)25/h2*3-14H,1-2H3,(H,21,23,24)/t2*14-/m00/s1. The summed E-state index contributed by atoms with van der Waals surface area (Å²) >= 11 is 0. The van der Waals surface area contributed by atoms with Gasteiger partial charge in [0, 0.05) is 24.5 Å². The zero-order valence-corrected chi connectivity index (χ0v) is 29.3. The predicted molar refractivity (Wildman–Crippen MR) is 203 cm³/mol. The van der Waals surface area contributed by atoms with Gasteiger partial charge in [-0.25, -0.2) is 19.9 Å². The molecule has 8 aromatic rings. The Balaban J connectivity index is 0.000000162. The maximum absolute atomic E-state index is 5.32. The van der Waals surface area contributed by atoms with E-state index in [1.54, 1.807) is 39.3 Å². The summed E-state index contributed by atoms with van der Waals surface area (Å²) in [5, 5.41) is 6.70. The van der Waals surface area contributed by atoms with Gasteiger partial charge >= 0.3 is 0 Å². The third kappa shape index (κ3) is 7.50. The largest absolute Gasteiger partial charge is 0.497 e. The molecule has 12 nitrogen and oxygen atoms in total. The molecule has 0 aliphatic carbocycles. The van der Waals surface area contributed by atoms with E-state index in [0.29, 0.717) is 11.9 Å². The van der Waals surface area contributed by atoms with E-state index in [4.69, 9.17) is 9.47 Å². The first kappa shape index (κ1) is 33.7. The summed E-state index contributed by atoms with van der Waals surface area (Å²) in [7, 11) is 3.30. The summed E-state index contributed by atoms with van der Waals surface area (Å²) in [6.45, 7) is 4.17. The quantitative estimate of drug-likeness (QED) is 0.146. The van der Waals surface area contributed by atoms with Gasteiger partial charge in [0.25, 0.3) is 0 Å². The number of imidazole rings is 2. The van der Waals surface area contributed by atoms with Crippen LogP contribution < -0.4 is 20.1 Å². The number of rotatable bonds is 10. The first-order valence-corrected chi connectivity index (χ1v) is 16.8. The lowest BCUT2D eigenvalue weighted by molar-refractivity contribution is 0.415. The van der Waals surface area contributed by atoms with Gasteiger partial charge in [-0.15, -0.1) is 0 Å². The molecule has 0 spiro atoms. The van der Waals surface area contributed by atoms with Crippen molar-refractivity contribution in [1.82, 2.24) is 39.0 Å². The molecule has 0 bridgehead atoms. The normalized spacial score (nSPS) is 12.1. The first-order valence-electron chi connectivity index (χ1n) is 16.8. The molecule has 0 aliphatic rings. The fourth-order valence-electron chi connectivity index (χ4n) is 5.74. The van der Waals surface area contributed by atoms with E-state index < -0.39 is 0 Å². The maximum Gasteiger partial charge on any atom is 0.225 e. The van der Waals surface area contributed by atoms with E-state index in [9.17, 15) is 0 Å². The number of fused-ring (bicyclic) bond motifs is 2. The molecule has 4 heterocycles. The number of methoxy groups -OCH3 is 2. The Morgan fingerprint density at radius 3 is 1.58 bits per heavy atom. The molecule has 0 aliphatic heterocycles. The molecule has 0 saturated heterocycles. The third-order valence-electron chi connectivity index (χ3n) is 8.57. The molecule has 0 unspecified atom stereocenters. The minimum atomic E-state index is 0.103. The molecule has 52 heavy (non-hydrogen) atoms. The van der Waals surface area contributed by atoms with Crippen LogP contribution in [0.5, 0.6) is 11.5 Å². The average molecular weight is 691 g/mol. The van der Waals surface area contributed by atoms with Gasteiger partial charge in [0.2, 0.25) is 11.9 Å². The van der Waals surface area contributed by atoms with Gasteiger partial charge in [-0.2, -0.15) is 9.97 Å². The third-order valence-corrected chi connectivity index (χ3v) is 8.57. The lowest BCUT2D eigenvalue weighted by atomic mass is 10.1. The van der Waals surface area contributed by atoms with Crippen molar-refractivity contribution in [2.24, 2.45) is 0 Å². The van der Waals surface area contributed by atoms with Crippen molar-refractivity contribution in [2.45, 2.75) is 25.9 Å². The van der Waals surface area contributed by atoms with Crippen molar-refractivity contribution in [3.8, 4) is 23.1 Å². The number of nitrogens with zero attached hydrogens (tertiary/aromatic N) is 8. The van der Waals surface area contributed by atoms with Crippen LogP contribution in [0, 0.1) is 0 Å². The highest BCUT2D eigenvalue weighted by Crippen LogP contribution is 2.25. The molecular weight excluding hydrogens is 653 g/mol. The second-order valence-electron chi connectivity index (χ2n) is 12.0. The zero-order chi connectivity index (χ0) is 35.9. The SMILES string of the molecule is COc1ccc2c(c1)ncn2-c1ccnc(N[C@@H](C)c2ccccc2)n1.COc1ccc2ncn(-c3ccnc(N[C@@H](C)c4ccccc4)n3)c2c1. The Morgan fingerprint density at radius 1 is 0.519 bits per heavy atom. The molecule has 2 N–H and O–H groups in total. The van der Waals surface area contributed by atoms with Crippen LogP contribution in [0.25, 0.3) is 33.7 Å². The first-order chi connectivity index (χ1) is 25.5. The van der Waals surface area contributed by atoms with Crippen molar-refractivity contribution < 1.29 is 9.47 Å². The number of hydrogen-bond acceptors (Lipinski definition) is 10. The number of aromatic nitrogens is 8. The summed E-state index contributed by atoms with van der Waals surface area (Å²) in [6, 6.07) is 35.9. The molecule has 0 amide bonds. The van der Waals surface area contributed by atoms with Crippen molar-refractivity contribution in [3.05, 3.63) is 145 Å². The van der Waals surface area contributed by atoms with Gasteiger partial charge in [-0.1, -0.05) is 60.7 Å². The summed E-state index contributed by atoms with van der Waals surface area (Å²) in [4.78, 5) is 26.9. The molecule has 0 fully saturated rings. The smallest absolute Gasteiger partial charge is 0.225 e. The van der Waals surface area contributed by atoms with E-state index in [0.717, 1.165) is 45.2 Å². The lowest BCUT2D eigenvalue weighted by Gasteiger charge is -2.14. The minimum Gasteiger partial charge on any atom is -0.497 e. The van der Waals surface area contributed by atoms with Crippen LogP contribution in [0.3, 0.4) is 0 Å². The van der Waals surface area contributed by atoms with Gasteiger partial charge in [-0.3, -0.25) is 9.13 Å². The Bertz CT molecular complexity index is 2400. The maximum atomic E-state index is 5.32. The van der Waals surface area contributed by atoms with Crippen LogP contribution in [0.1, 0.15) is 37.1 Å². The van der Waals surface area contributed by atoms with Crippen LogP contribution in [0.2, 0.25) is 0 Å². The van der Waals surface area contributed by atoms with Crippen molar-refractivity contribution >= 4 is 34.0 Å². The van der Waals surface area contributed by atoms with Crippen molar-refractivity contribution in [1.29, 1.82) is 0 Å². The molecule has 0 saturated carbocycles. The van der Waals surface area contributed by atoms with Crippen LogP contribution in [0.15, 0.2) is 134 Å². The van der Waals surface area contributed by atoms with Gasteiger partial charge in [0.1, 0.15) is 35.8 Å². The molecule has 12 heteroatoms. The minimum absolute atomic E-state index is 0.103. The number of hydrogen-bond donors (Lipinski definition) is 2. The van der Waals surface area contributed by atoms with Gasteiger partial charge in [0.05, 0.1) is 48.4 Å². The second-order valence-corrected chi connectivity index (χ2v) is 12.0. The van der Waals surface area contributed by atoms with Gasteiger partial charge in [0.15, 0.2) is 0 Å². The van der Waals surface area contributed by atoms with E-state index in [1.807, 2.05) is 94.1 Å². The summed E-state index contributed by atoms with van der Waals surface area (Å²) in [6.07, 6.45) is 7.01. The Labute approximate surface area is 301 Å². The summed E-state index contributed by atoms with van der Waals surface area (Å²) < 4.78 is 14.4. The van der Waals surface area contributed by atoms with E-state index in [1.165, 1.54) is 11.1 Å². The van der Waals surface area contributed by atoms with Crippen LogP contribution in [-0.4, -0.2) is 53.3 Å². The van der Waals surface area contributed by atoms with Gasteiger partial charge in [-0.05, 0) is 61.4 Å². The number of anilines is 2. The molecule has 260 valence electrons. The lowest BCUT2D eigenvalue weighted by Crippen LogP contribution is -2.10. The average Bonchev–Trinajstić information content (AvgIpc) is 3.83. The Hall–Kier alpha value is -6.82. The van der Waals surface area contributed by atoms with E-state index >= 15 is 0 Å². The Morgan fingerprint density at radius 2 is 1.02 bits per heavy atom. The highest BCUT2D eigenvalue weighted by molar-refractivity contribution is 5.79. The Kier molecular flexibility index (Phi) is 9.96. The molecule has 8 rings (SSSR count). The molecule has 4 aromatic carbocycles. The fourth-order valence-corrected chi connectivity index (χ4v) is 5.74. The van der Waals surface area contributed by atoms with Crippen LogP contribution >= 0.6 is 0 Å². The highest BCUT2D eigenvalue weighted by Gasteiger charge is 2.12. The monoisotopic (exact) mass is 690 g/mol. The molecular formula is C40H38N10O2. The molecule has 2 atom stereocenters. The highest BCUT2D eigenvalue weighted by atomic mass is 16.5. The second kappa shape index (κ2) is 15.4. The van der Waals surface area contributed by atoms with E-state index in [2.05, 4.69) is 78.7 Å². The summed E-state index contributed by atoms with van der Waals surface area (Å²) in [5.74, 6) is 4.22. The zero-order valence-electron chi connectivity index (χ0n) is 29.3. The predicted octanol–water partition coefficient (Wildman–Crippen LogP) is 7.99. The van der Waals surface area contributed by atoms with Crippen molar-refractivity contribution in [3.63, 3.8) is 0 Å². The van der Waals surface area contributed by atoms with Crippen LogP contribution in [0.4, 0.5) is 11.9 Å².